The predicted molar refractivity (Wildman–Crippen MR) is 131 cm³/mol. The number of aromatic nitrogens is 2. The number of aliphatic hydroxyl groups is 2. The number of hydrogen-bond acceptors (Lipinski definition) is 9. The molecular weight excluding hydrogens is 455 g/mol. The normalized spacial score (nSPS) is 15.3. The molecule has 1 aliphatic rings. The van der Waals surface area contributed by atoms with Gasteiger partial charge in [0.1, 0.15) is 11.6 Å². The number of nitrogens with one attached hydrogen (secondary N) is 1. The number of aliphatic hydroxyl groups excluding tert-OH is 2. The zero-order valence-electron chi connectivity index (χ0n) is 19.7. The molecule has 10 nitrogen and oxygen atoms in total. The van der Waals surface area contributed by atoms with Gasteiger partial charge in [0.25, 0.3) is 5.91 Å². The zero-order valence-corrected chi connectivity index (χ0v) is 19.7. The van der Waals surface area contributed by atoms with Gasteiger partial charge >= 0.3 is 0 Å². The summed E-state index contributed by atoms with van der Waals surface area (Å²) in [6, 6.07) is 8.30. The number of carbonyl (C=O) groups excluding carboxylic acids is 1. The van der Waals surface area contributed by atoms with Crippen molar-refractivity contribution in [3.05, 3.63) is 47.4 Å². The minimum Gasteiger partial charge on any atom is -0.495 e. The van der Waals surface area contributed by atoms with E-state index in [4.69, 9.17) is 15.6 Å². The van der Waals surface area contributed by atoms with Crippen molar-refractivity contribution in [2.45, 2.75) is 13.0 Å². The quantitative estimate of drug-likeness (QED) is 0.374. The summed E-state index contributed by atoms with van der Waals surface area (Å²) in [5.74, 6) is -0.682. The van der Waals surface area contributed by atoms with Crippen molar-refractivity contribution < 1.29 is 24.1 Å². The van der Waals surface area contributed by atoms with Crippen LogP contribution in [-0.2, 0) is 0 Å². The molecule has 2 heterocycles. The molecule has 1 aliphatic heterocycles. The summed E-state index contributed by atoms with van der Waals surface area (Å²) in [6.07, 6.45) is -0.779. The van der Waals surface area contributed by atoms with Crippen LogP contribution in [-0.4, -0.2) is 83.8 Å². The highest BCUT2D eigenvalue weighted by Gasteiger charge is 2.24. The molecule has 2 aromatic carbocycles. The molecule has 1 fully saturated rings. The van der Waals surface area contributed by atoms with Gasteiger partial charge in [0.05, 0.1) is 42.4 Å². The molecule has 0 saturated carbocycles. The van der Waals surface area contributed by atoms with Crippen LogP contribution in [0, 0.1) is 12.7 Å². The average Bonchev–Trinajstić information content (AvgIpc) is 2.85. The molecule has 1 saturated heterocycles. The molecule has 0 spiro atoms. The fourth-order valence-corrected chi connectivity index (χ4v) is 4.22. The first-order chi connectivity index (χ1) is 16.8. The van der Waals surface area contributed by atoms with Crippen molar-refractivity contribution in [2.75, 3.05) is 56.7 Å². The van der Waals surface area contributed by atoms with Gasteiger partial charge in [-0.1, -0.05) is 6.07 Å². The second-order valence-electron chi connectivity index (χ2n) is 8.56. The van der Waals surface area contributed by atoms with Crippen molar-refractivity contribution in [2.24, 2.45) is 5.73 Å². The smallest absolute Gasteiger partial charge is 0.271 e. The fraction of sp³-hybridized carbons (Fsp3) is 0.375. The molecule has 0 bridgehead atoms. The maximum atomic E-state index is 14.6. The molecular formula is C24H29FN6O4. The topological polar surface area (TPSA) is 137 Å². The lowest BCUT2D eigenvalue weighted by atomic mass is 10.1. The summed E-state index contributed by atoms with van der Waals surface area (Å²) in [6.45, 7) is 4.56. The highest BCUT2D eigenvalue weighted by atomic mass is 19.1. The van der Waals surface area contributed by atoms with Crippen LogP contribution in [0.4, 0.5) is 21.5 Å². The van der Waals surface area contributed by atoms with Crippen LogP contribution in [0.15, 0.2) is 30.3 Å². The van der Waals surface area contributed by atoms with Crippen molar-refractivity contribution in [3.8, 4) is 5.75 Å². The van der Waals surface area contributed by atoms with E-state index in [-0.39, 0.29) is 23.7 Å². The number of piperazine rings is 1. The van der Waals surface area contributed by atoms with E-state index in [1.165, 1.54) is 6.07 Å². The maximum absolute atomic E-state index is 14.6. The maximum Gasteiger partial charge on any atom is 0.271 e. The molecule has 186 valence electrons. The van der Waals surface area contributed by atoms with E-state index in [1.54, 1.807) is 32.2 Å². The number of carbonyl (C=O) groups is 1. The van der Waals surface area contributed by atoms with E-state index < -0.39 is 17.8 Å². The second kappa shape index (κ2) is 10.4. The molecule has 0 unspecified atom stereocenters. The molecule has 0 radical (unpaired) electrons. The minimum absolute atomic E-state index is 0.101. The number of anilines is 3. The Balaban J connectivity index is 1.74. The fourth-order valence-electron chi connectivity index (χ4n) is 4.22. The van der Waals surface area contributed by atoms with Crippen LogP contribution in [0.1, 0.15) is 16.1 Å². The first-order valence-electron chi connectivity index (χ1n) is 11.3. The van der Waals surface area contributed by atoms with E-state index in [1.807, 2.05) is 6.07 Å². The van der Waals surface area contributed by atoms with Crippen LogP contribution in [0.5, 0.6) is 5.75 Å². The molecule has 1 atom stereocenters. The standard InChI is InChI=1S/C24H29FN6O4/c1-14-3-4-18(17(25)9-14)27-22-16-10-20(31-7-5-30(6-8-31)12-15(33)13-32)21(35-2)11-19(16)28-29-23(22)24(26)34/h3-4,9-11,15,32-33H,5-8,12-13H2,1-2H3,(H2,26,34)(H,27,28)/t15-/m1/s1. The van der Waals surface area contributed by atoms with Gasteiger partial charge in [0, 0.05) is 44.2 Å². The molecule has 4 rings (SSSR count). The summed E-state index contributed by atoms with van der Waals surface area (Å²) < 4.78 is 20.2. The van der Waals surface area contributed by atoms with E-state index in [9.17, 15) is 14.3 Å². The third kappa shape index (κ3) is 5.26. The average molecular weight is 485 g/mol. The lowest BCUT2D eigenvalue weighted by Crippen LogP contribution is -2.49. The number of ether oxygens (including phenoxy) is 1. The first kappa shape index (κ1) is 24.6. The summed E-state index contributed by atoms with van der Waals surface area (Å²) in [4.78, 5) is 16.4. The number of methoxy groups -OCH3 is 1. The van der Waals surface area contributed by atoms with Gasteiger partial charge in [-0.05, 0) is 30.7 Å². The van der Waals surface area contributed by atoms with Gasteiger partial charge in [-0.25, -0.2) is 4.39 Å². The van der Waals surface area contributed by atoms with Crippen molar-refractivity contribution >= 4 is 33.9 Å². The number of β-amino-alcohol motifs (C(OH)–C–C–N with tert-alkyl or cyclic N) is 1. The SMILES string of the molecule is COc1cc2nnc(C(N)=O)c(Nc3ccc(C)cc3F)c2cc1N1CCN(C[C@@H](O)CO)CC1. The summed E-state index contributed by atoms with van der Waals surface area (Å²) in [5, 5.41) is 30.5. The summed E-state index contributed by atoms with van der Waals surface area (Å²) in [7, 11) is 1.56. The number of halogens is 1. The number of benzene rings is 2. The van der Waals surface area contributed by atoms with Gasteiger partial charge < -0.3 is 30.9 Å². The number of aryl methyl sites for hydroxylation is 1. The number of hydrogen-bond donors (Lipinski definition) is 4. The molecule has 5 N–H and O–H groups in total. The van der Waals surface area contributed by atoms with E-state index in [2.05, 4.69) is 25.3 Å². The van der Waals surface area contributed by atoms with Gasteiger partial charge in [-0.15, -0.1) is 10.2 Å². The molecule has 11 heteroatoms. The van der Waals surface area contributed by atoms with E-state index in [0.29, 0.717) is 49.4 Å². The van der Waals surface area contributed by atoms with E-state index >= 15 is 0 Å². The third-order valence-corrected chi connectivity index (χ3v) is 6.07. The summed E-state index contributed by atoms with van der Waals surface area (Å²) in [5.41, 5.74) is 7.91. The Labute approximate surface area is 202 Å². The van der Waals surface area contributed by atoms with Gasteiger partial charge in [0.2, 0.25) is 0 Å². The summed E-state index contributed by atoms with van der Waals surface area (Å²) >= 11 is 0. The Hall–Kier alpha value is -3.54. The lowest BCUT2D eigenvalue weighted by Gasteiger charge is -2.37. The number of amides is 1. The zero-order chi connectivity index (χ0) is 25.1. The Kier molecular flexibility index (Phi) is 7.29. The van der Waals surface area contributed by atoms with Gasteiger partial charge in [-0.2, -0.15) is 0 Å². The van der Waals surface area contributed by atoms with Crippen LogP contribution < -0.4 is 20.7 Å². The first-order valence-corrected chi connectivity index (χ1v) is 11.3. The Morgan fingerprint density at radius 1 is 1.23 bits per heavy atom. The largest absolute Gasteiger partial charge is 0.495 e. The monoisotopic (exact) mass is 484 g/mol. The Morgan fingerprint density at radius 2 is 1.97 bits per heavy atom. The van der Waals surface area contributed by atoms with E-state index in [0.717, 1.165) is 11.3 Å². The number of fused-ring (bicyclic) bond motifs is 1. The predicted octanol–water partition coefficient (Wildman–Crippen LogP) is 1.40. The molecule has 3 aromatic rings. The van der Waals surface area contributed by atoms with Crippen LogP contribution in [0.2, 0.25) is 0 Å². The van der Waals surface area contributed by atoms with Gasteiger partial charge in [-0.3, -0.25) is 9.69 Å². The lowest BCUT2D eigenvalue weighted by molar-refractivity contribution is 0.0574. The number of rotatable bonds is 8. The molecule has 35 heavy (non-hydrogen) atoms. The molecule has 0 aliphatic carbocycles. The van der Waals surface area contributed by atoms with Crippen molar-refractivity contribution in [1.29, 1.82) is 0 Å². The minimum atomic E-state index is -0.789. The second-order valence-corrected chi connectivity index (χ2v) is 8.56. The highest BCUT2D eigenvalue weighted by molar-refractivity contribution is 6.07. The number of primary amides is 1. The van der Waals surface area contributed by atoms with Crippen molar-refractivity contribution in [1.82, 2.24) is 15.1 Å². The van der Waals surface area contributed by atoms with Gasteiger partial charge in [0.15, 0.2) is 5.69 Å². The molecule has 1 amide bonds. The third-order valence-electron chi connectivity index (χ3n) is 6.07. The number of nitrogens with two attached hydrogens (primary N) is 1. The number of nitrogens with zero attached hydrogens (tertiary/aromatic N) is 4. The highest BCUT2D eigenvalue weighted by Crippen LogP contribution is 2.38. The Morgan fingerprint density at radius 3 is 2.60 bits per heavy atom. The van der Waals surface area contributed by atoms with Crippen LogP contribution in [0.25, 0.3) is 10.9 Å². The molecule has 1 aromatic heterocycles. The Bertz CT molecular complexity index is 1230. The van der Waals surface area contributed by atoms with Crippen LogP contribution in [0.3, 0.4) is 0 Å². The van der Waals surface area contributed by atoms with Crippen molar-refractivity contribution in [3.63, 3.8) is 0 Å². The van der Waals surface area contributed by atoms with Crippen LogP contribution >= 0.6 is 0 Å².